The average molecular weight is 467 g/mol. The van der Waals surface area contributed by atoms with Crippen LogP contribution in [-0.2, 0) is 14.3 Å². The molecule has 0 unspecified atom stereocenters. The van der Waals surface area contributed by atoms with Crippen molar-refractivity contribution >= 4 is 17.6 Å². The zero-order valence-corrected chi connectivity index (χ0v) is 16.4. The molecule has 2 aromatic rings. The normalized spacial score (nSPS) is 15.7. The zero-order chi connectivity index (χ0) is 24.1. The first-order valence-corrected chi connectivity index (χ1v) is 8.59. The van der Waals surface area contributed by atoms with E-state index in [-0.39, 0.29) is 11.0 Å². The summed E-state index contributed by atoms with van der Waals surface area (Å²) >= 11 is 0. The summed E-state index contributed by atoms with van der Waals surface area (Å²) in [6.45, 7) is 0.978. The van der Waals surface area contributed by atoms with Crippen molar-refractivity contribution in [1.29, 1.82) is 0 Å². The number of anilines is 1. The third-order valence-corrected chi connectivity index (χ3v) is 4.64. The number of amides is 1. The van der Waals surface area contributed by atoms with E-state index in [0.29, 0.717) is 6.07 Å². The Morgan fingerprint density at radius 3 is 2.09 bits per heavy atom. The number of alkyl halides is 2. The van der Waals surface area contributed by atoms with E-state index >= 15 is 0 Å². The van der Waals surface area contributed by atoms with E-state index < -0.39 is 81.4 Å². The van der Waals surface area contributed by atoms with Crippen molar-refractivity contribution in [2.45, 2.75) is 19.1 Å². The Morgan fingerprint density at radius 1 is 1.03 bits per heavy atom. The number of ether oxygens (including phenoxy) is 3. The number of fused-ring (bicyclic) bond motifs is 1. The third-order valence-electron chi connectivity index (χ3n) is 4.64. The summed E-state index contributed by atoms with van der Waals surface area (Å²) in [7, 11) is 1.63. The lowest BCUT2D eigenvalue weighted by atomic mass is 10.00. The molecule has 6 nitrogen and oxygen atoms in total. The summed E-state index contributed by atoms with van der Waals surface area (Å²) in [6, 6.07) is -1.07. The molecule has 1 heterocycles. The van der Waals surface area contributed by atoms with Gasteiger partial charge in [-0.1, -0.05) is 0 Å². The van der Waals surface area contributed by atoms with Crippen molar-refractivity contribution < 1.29 is 54.5 Å². The molecule has 0 radical (unpaired) electrons. The molecule has 0 aliphatic carbocycles. The first-order valence-electron chi connectivity index (χ1n) is 8.59. The van der Waals surface area contributed by atoms with Crippen LogP contribution in [0.25, 0.3) is 11.1 Å². The van der Waals surface area contributed by atoms with Crippen LogP contribution in [0.4, 0.5) is 36.4 Å². The van der Waals surface area contributed by atoms with Crippen molar-refractivity contribution in [1.82, 2.24) is 0 Å². The molecule has 1 atom stereocenters. The van der Waals surface area contributed by atoms with Crippen LogP contribution in [0.3, 0.4) is 0 Å². The molecule has 0 bridgehead atoms. The molecule has 0 N–H and O–H groups in total. The number of carbonyl (C=O) groups is 2. The van der Waals surface area contributed by atoms with Gasteiger partial charge in [0, 0.05) is 11.6 Å². The van der Waals surface area contributed by atoms with Gasteiger partial charge in [-0.05, 0) is 13.0 Å². The summed E-state index contributed by atoms with van der Waals surface area (Å²) < 4.78 is 113. The van der Waals surface area contributed by atoms with Gasteiger partial charge >= 0.3 is 18.0 Å². The number of carbonyl (C=O) groups excluding carboxylic acids is 2. The third kappa shape index (κ3) is 3.37. The number of hydrogen-bond donors (Lipinski definition) is 0. The van der Waals surface area contributed by atoms with Gasteiger partial charge in [0.25, 0.3) is 0 Å². The minimum atomic E-state index is -4.53. The maximum atomic E-state index is 14.6. The van der Waals surface area contributed by atoms with E-state index in [1.807, 2.05) is 0 Å². The number of hydrogen-bond acceptors (Lipinski definition) is 5. The average Bonchev–Trinajstić information content (AvgIpc) is 2.73. The quantitative estimate of drug-likeness (QED) is 0.387. The summed E-state index contributed by atoms with van der Waals surface area (Å²) in [5.74, 6) is -15.4. The largest absolute Gasteiger partial charge is 0.491 e. The number of esters is 1. The Kier molecular flexibility index (Phi) is 5.70. The van der Waals surface area contributed by atoms with Crippen LogP contribution in [0.5, 0.6) is 11.5 Å². The molecule has 0 aromatic heterocycles. The lowest BCUT2D eigenvalue weighted by Gasteiger charge is -2.36. The number of methoxy groups -OCH3 is 2. The fourth-order valence-electron chi connectivity index (χ4n) is 3.12. The molecular weight excluding hydrogens is 455 g/mol. The minimum Gasteiger partial charge on any atom is -0.491 e. The van der Waals surface area contributed by atoms with Crippen LogP contribution < -0.4 is 14.4 Å². The lowest BCUT2D eigenvalue weighted by Crippen LogP contribution is -2.56. The number of rotatable bonds is 4. The van der Waals surface area contributed by atoms with Gasteiger partial charge in [-0.3, -0.25) is 9.69 Å². The minimum absolute atomic E-state index is 0.152. The monoisotopic (exact) mass is 467 g/mol. The molecule has 1 aliphatic heterocycles. The van der Waals surface area contributed by atoms with Gasteiger partial charge in [-0.25, -0.2) is 18.0 Å². The van der Waals surface area contributed by atoms with Crippen molar-refractivity contribution in [3.8, 4) is 22.6 Å². The van der Waals surface area contributed by atoms with Crippen molar-refractivity contribution in [2.24, 2.45) is 0 Å². The van der Waals surface area contributed by atoms with Crippen LogP contribution in [0.1, 0.15) is 6.92 Å². The van der Waals surface area contributed by atoms with Gasteiger partial charge in [0.2, 0.25) is 11.6 Å². The van der Waals surface area contributed by atoms with Gasteiger partial charge in [0.1, 0.15) is 11.9 Å². The van der Waals surface area contributed by atoms with E-state index in [1.165, 1.54) is 0 Å². The highest BCUT2D eigenvalue weighted by atomic mass is 19.3. The standard InChI is InChI=1S/C19H12F7NO5/c1-6(17(28)31-3)27-9-4-7(8(20)5-10(9)32-19(25,26)18(27)29)11-12(21)14(23)16(30-2)15(24)13(11)22/h4-6H,1-3H3/t6-/m0/s1. The molecule has 0 saturated carbocycles. The SMILES string of the molecule is COC(=O)[C@H](C)N1C(=O)C(F)(F)Oc2cc(F)c(-c3c(F)c(F)c(OC)c(F)c3F)cc21. The molecule has 172 valence electrons. The maximum Gasteiger partial charge on any atom is 0.483 e. The Hall–Kier alpha value is -3.51. The predicted molar refractivity (Wildman–Crippen MR) is 92.8 cm³/mol. The van der Waals surface area contributed by atoms with Gasteiger partial charge < -0.3 is 14.2 Å². The van der Waals surface area contributed by atoms with E-state index in [0.717, 1.165) is 21.1 Å². The topological polar surface area (TPSA) is 65.1 Å². The highest BCUT2D eigenvalue weighted by molar-refractivity contribution is 6.05. The van der Waals surface area contributed by atoms with Crippen LogP contribution >= 0.6 is 0 Å². The lowest BCUT2D eigenvalue weighted by molar-refractivity contribution is -0.193. The summed E-state index contributed by atoms with van der Waals surface area (Å²) in [5, 5.41) is 0. The molecule has 2 aromatic carbocycles. The predicted octanol–water partition coefficient (Wildman–Crippen LogP) is 3.94. The smallest absolute Gasteiger partial charge is 0.483 e. The molecule has 1 amide bonds. The van der Waals surface area contributed by atoms with Crippen LogP contribution in [-0.4, -0.2) is 38.2 Å². The Labute approximate surface area is 175 Å². The van der Waals surface area contributed by atoms with Gasteiger partial charge in [-0.2, -0.15) is 17.6 Å². The molecule has 32 heavy (non-hydrogen) atoms. The molecule has 0 spiro atoms. The second-order valence-corrected chi connectivity index (χ2v) is 6.46. The maximum absolute atomic E-state index is 14.6. The highest BCUT2D eigenvalue weighted by Crippen LogP contribution is 2.45. The fraction of sp³-hybridized carbons (Fsp3) is 0.263. The summed E-state index contributed by atoms with van der Waals surface area (Å²) in [6.07, 6.45) is -4.53. The Bertz CT molecular complexity index is 1110. The second kappa shape index (κ2) is 7.88. The highest BCUT2D eigenvalue weighted by Gasteiger charge is 2.53. The number of nitrogens with zero attached hydrogens (tertiary/aromatic N) is 1. The molecule has 1 aliphatic rings. The van der Waals surface area contributed by atoms with Crippen LogP contribution in [0.2, 0.25) is 0 Å². The van der Waals surface area contributed by atoms with Crippen molar-refractivity contribution in [2.75, 3.05) is 19.1 Å². The Morgan fingerprint density at radius 2 is 1.59 bits per heavy atom. The Balaban J connectivity index is 2.33. The van der Waals surface area contributed by atoms with E-state index in [9.17, 15) is 40.3 Å². The molecule has 13 heteroatoms. The van der Waals surface area contributed by atoms with Gasteiger partial charge in [-0.15, -0.1) is 0 Å². The van der Waals surface area contributed by atoms with Gasteiger partial charge in [0.15, 0.2) is 23.1 Å². The van der Waals surface area contributed by atoms with Crippen LogP contribution in [0.15, 0.2) is 12.1 Å². The molecule has 0 fully saturated rings. The van der Waals surface area contributed by atoms with E-state index in [4.69, 9.17) is 0 Å². The van der Waals surface area contributed by atoms with Crippen molar-refractivity contribution in [3.63, 3.8) is 0 Å². The number of benzene rings is 2. The van der Waals surface area contributed by atoms with E-state index in [2.05, 4.69) is 14.2 Å². The van der Waals surface area contributed by atoms with Crippen LogP contribution in [0, 0.1) is 29.1 Å². The first kappa shape index (κ1) is 23.2. The van der Waals surface area contributed by atoms with Gasteiger partial charge in [0.05, 0.1) is 25.5 Å². The molecule has 3 rings (SSSR count). The number of halogens is 7. The summed E-state index contributed by atoms with van der Waals surface area (Å²) in [5.41, 5.74) is -3.43. The first-order chi connectivity index (χ1) is 14.9. The molecule has 0 saturated heterocycles. The fourth-order valence-corrected chi connectivity index (χ4v) is 3.12. The molecular formula is C19H12F7NO5. The van der Waals surface area contributed by atoms with Crippen molar-refractivity contribution in [3.05, 3.63) is 41.2 Å². The summed E-state index contributed by atoms with van der Waals surface area (Å²) in [4.78, 5) is 24.2. The second-order valence-electron chi connectivity index (χ2n) is 6.46. The zero-order valence-electron chi connectivity index (χ0n) is 16.4. The van der Waals surface area contributed by atoms with E-state index in [1.54, 1.807) is 0 Å².